The predicted octanol–water partition coefficient (Wildman–Crippen LogP) is 1.80. The maximum absolute atomic E-state index is 6.04. The zero-order valence-electron chi connectivity index (χ0n) is 11.3. The lowest BCUT2D eigenvalue weighted by Crippen LogP contribution is -2.22. The lowest BCUT2D eigenvalue weighted by Gasteiger charge is -2.19. The molecule has 1 heterocycles. The van der Waals surface area contributed by atoms with Crippen LogP contribution in [0.15, 0.2) is 18.2 Å². The first-order valence-electron chi connectivity index (χ1n) is 6.39. The normalized spacial score (nSPS) is 21.9. The highest BCUT2D eigenvalue weighted by atomic mass is 16.5. The van der Waals surface area contributed by atoms with Crippen molar-refractivity contribution in [3.05, 3.63) is 23.8 Å². The van der Waals surface area contributed by atoms with Crippen LogP contribution in [0.25, 0.3) is 0 Å². The van der Waals surface area contributed by atoms with E-state index >= 15 is 0 Å². The molecule has 2 N–H and O–H groups in total. The molecule has 0 bridgehead atoms. The quantitative estimate of drug-likeness (QED) is 0.885. The van der Waals surface area contributed by atoms with Gasteiger partial charge in [-0.1, -0.05) is 12.1 Å². The molecule has 2 atom stereocenters. The summed E-state index contributed by atoms with van der Waals surface area (Å²) in [4.78, 5) is 2.27. The smallest absolute Gasteiger partial charge is 0.165 e. The molecule has 18 heavy (non-hydrogen) atoms. The summed E-state index contributed by atoms with van der Waals surface area (Å²) in [7, 11) is 3.77. The SMILES string of the molecule is COc1c(OC2CCN(C)C2)cccc1C(C)N. The van der Waals surface area contributed by atoms with Gasteiger partial charge in [-0.05, 0) is 26.5 Å². The van der Waals surface area contributed by atoms with Gasteiger partial charge in [-0.25, -0.2) is 0 Å². The Bertz CT molecular complexity index is 407. The van der Waals surface area contributed by atoms with E-state index in [1.807, 2.05) is 25.1 Å². The molecular formula is C14H22N2O2. The Hall–Kier alpha value is -1.26. The van der Waals surface area contributed by atoms with E-state index in [1.54, 1.807) is 7.11 Å². The molecule has 1 aromatic rings. The molecule has 2 unspecified atom stereocenters. The molecule has 1 aromatic carbocycles. The summed E-state index contributed by atoms with van der Waals surface area (Å²) < 4.78 is 11.5. The molecule has 4 heteroatoms. The Balaban J connectivity index is 2.19. The van der Waals surface area contributed by atoms with Gasteiger partial charge in [-0.2, -0.15) is 0 Å². The number of nitrogens with two attached hydrogens (primary N) is 1. The number of ether oxygens (including phenoxy) is 2. The molecule has 0 saturated carbocycles. The fraction of sp³-hybridized carbons (Fsp3) is 0.571. The summed E-state index contributed by atoms with van der Waals surface area (Å²) in [5.41, 5.74) is 6.93. The number of hydrogen-bond donors (Lipinski definition) is 1. The Labute approximate surface area is 109 Å². The van der Waals surface area contributed by atoms with E-state index in [2.05, 4.69) is 11.9 Å². The average molecular weight is 250 g/mol. The van der Waals surface area contributed by atoms with Gasteiger partial charge in [0, 0.05) is 24.7 Å². The molecule has 0 spiro atoms. The maximum atomic E-state index is 6.04. The number of para-hydroxylation sites is 1. The standard InChI is InChI=1S/C14H22N2O2/c1-10(15)12-5-4-6-13(14(12)17-3)18-11-7-8-16(2)9-11/h4-6,10-11H,7-9,15H2,1-3H3. The summed E-state index contributed by atoms with van der Waals surface area (Å²) in [5, 5.41) is 0. The van der Waals surface area contributed by atoms with Crippen molar-refractivity contribution in [1.82, 2.24) is 4.90 Å². The largest absolute Gasteiger partial charge is 0.493 e. The van der Waals surface area contributed by atoms with Crippen molar-refractivity contribution in [2.24, 2.45) is 5.73 Å². The zero-order valence-corrected chi connectivity index (χ0v) is 11.3. The first-order chi connectivity index (χ1) is 8.61. The molecule has 100 valence electrons. The molecule has 1 aliphatic heterocycles. The second-order valence-corrected chi connectivity index (χ2v) is 4.96. The maximum Gasteiger partial charge on any atom is 0.165 e. The minimum absolute atomic E-state index is 0.0604. The summed E-state index contributed by atoms with van der Waals surface area (Å²) in [6.07, 6.45) is 1.30. The highest BCUT2D eigenvalue weighted by Crippen LogP contribution is 2.35. The number of methoxy groups -OCH3 is 1. The summed E-state index contributed by atoms with van der Waals surface area (Å²) in [6.45, 7) is 4.00. The van der Waals surface area contributed by atoms with Crippen molar-refractivity contribution < 1.29 is 9.47 Å². The summed E-state index contributed by atoms with van der Waals surface area (Å²) >= 11 is 0. The van der Waals surface area contributed by atoms with Gasteiger partial charge in [-0.3, -0.25) is 0 Å². The minimum atomic E-state index is -0.0604. The first kappa shape index (κ1) is 13.2. The van der Waals surface area contributed by atoms with Gasteiger partial charge >= 0.3 is 0 Å². The van der Waals surface area contributed by atoms with E-state index in [-0.39, 0.29) is 12.1 Å². The van der Waals surface area contributed by atoms with Crippen molar-refractivity contribution in [2.45, 2.75) is 25.5 Å². The fourth-order valence-electron chi connectivity index (χ4n) is 2.37. The van der Waals surface area contributed by atoms with Gasteiger partial charge in [0.25, 0.3) is 0 Å². The third-order valence-electron chi connectivity index (χ3n) is 3.35. The molecule has 1 aliphatic rings. The number of nitrogens with zero attached hydrogens (tertiary/aromatic N) is 1. The summed E-state index contributed by atoms with van der Waals surface area (Å²) in [5.74, 6) is 1.56. The second-order valence-electron chi connectivity index (χ2n) is 4.96. The molecular weight excluding hydrogens is 228 g/mol. The average Bonchev–Trinajstić information content (AvgIpc) is 2.74. The predicted molar refractivity (Wildman–Crippen MR) is 72.1 cm³/mol. The van der Waals surface area contributed by atoms with E-state index in [4.69, 9.17) is 15.2 Å². The van der Waals surface area contributed by atoms with Crippen LogP contribution in [0.5, 0.6) is 11.5 Å². The number of likely N-dealkylation sites (tertiary alicyclic amines) is 1. The van der Waals surface area contributed by atoms with Crippen LogP contribution in [-0.4, -0.2) is 38.3 Å². The van der Waals surface area contributed by atoms with Crippen LogP contribution in [0.4, 0.5) is 0 Å². The molecule has 0 aliphatic carbocycles. The Morgan fingerprint density at radius 3 is 2.78 bits per heavy atom. The van der Waals surface area contributed by atoms with Crippen LogP contribution < -0.4 is 15.2 Å². The Morgan fingerprint density at radius 1 is 1.44 bits per heavy atom. The Kier molecular flexibility index (Phi) is 4.09. The lowest BCUT2D eigenvalue weighted by molar-refractivity contribution is 0.199. The Morgan fingerprint density at radius 2 is 2.22 bits per heavy atom. The van der Waals surface area contributed by atoms with E-state index in [0.717, 1.165) is 36.6 Å². The molecule has 0 radical (unpaired) electrons. The molecule has 4 nitrogen and oxygen atoms in total. The minimum Gasteiger partial charge on any atom is -0.493 e. The van der Waals surface area contributed by atoms with Crippen LogP contribution in [0.3, 0.4) is 0 Å². The lowest BCUT2D eigenvalue weighted by atomic mass is 10.1. The third kappa shape index (κ3) is 2.76. The van der Waals surface area contributed by atoms with Crippen molar-refractivity contribution in [3.63, 3.8) is 0 Å². The molecule has 2 rings (SSSR count). The van der Waals surface area contributed by atoms with Gasteiger partial charge in [0.15, 0.2) is 11.5 Å². The van der Waals surface area contributed by atoms with E-state index in [1.165, 1.54) is 0 Å². The van der Waals surface area contributed by atoms with Gasteiger partial charge in [0.05, 0.1) is 7.11 Å². The van der Waals surface area contributed by atoms with Crippen molar-refractivity contribution >= 4 is 0 Å². The van der Waals surface area contributed by atoms with E-state index in [0.29, 0.717) is 0 Å². The topological polar surface area (TPSA) is 47.7 Å². The van der Waals surface area contributed by atoms with Gasteiger partial charge in [0.1, 0.15) is 6.10 Å². The van der Waals surface area contributed by atoms with Gasteiger partial charge in [0.2, 0.25) is 0 Å². The van der Waals surface area contributed by atoms with Crippen LogP contribution in [0.2, 0.25) is 0 Å². The number of hydrogen-bond acceptors (Lipinski definition) is 4. The van der Waals surface area contributed by atoms with Crippen LogP contribution >= 0.6 is 0 Å². The third-order valence-corrected chi connectivity index (χ3v) is 3.35. The molecule has 0 amide bonds. The van der Waals surface area contributed by atoms with Gasteiger partial charge in [-0.15, -0.1) is 0 Å². The van der Waals surface area contributed by atoms with Crippen molar-refractivity contribution in [2.75, 3.05) is 27.2 Å². The van der Waals surface area contributed by atoms with Crippen LogP contribution in [0.1, 0.15) is 24.9 Å². The molecule has 1 saturated heterocycles. The monoisotopic (exact) mass is 250 g/mol. The second kappa shape index (κ2) is 5.59. The summed E-state index contributed by atoms with van der Waals surface area (Å²) in [6, 6.07) is 5.84. The van der Waals surface area contributed by atoms with Crippen molar-refractivity contribution in [3.8, 4) is 11.5 Å². The fourth-order valence-corrected chi connectivity index (χ4v) is 2.37. The zero-order chi connectivity index (χ0) is 13.1. The van der Waals surface area contributed by atoms with E-state index < -0.39 is 0 Å². The number of rotatable bonds is 4. The number of likely N-dealkylation sites (N-methyl/N-ethyl adjacent to an activating group) is 1. The van der Waals surface area contributed by atoms with E-state index in [9.17, 15) is 0 Å². The number of benzene rings is 1. The molecule has 1 fully saturated rings. The van der Waals surface area contributed by atoms with Crippen LogP contribution in [-0.2, 0) is 0 Å². The van der Waals surface area contributed by atoms with Gasteiger partial charge < -0.3 is 20.1 Å². The highest BCUT2D eigenvalue weighted by Gasteiger charge is 2.23. The first-order valence-corrected chi connectivity index (χ1v) is 6.39. The molecule has 0 aromatic heterocycles. The highest BCUT2D eigenvalue weighted by molar-refractivity contribution is 5.48. The van der Waals surface area contributed by atoms with Crippen LogP contribution in [0, 0.1) is 0 Å². The van der Waals surface area contributed by atoms with Crippen molar-refractivity contribution in [1.29, 1.82) is 0 Å².